The van der Waals surface area contributed by atoms with E-state index >= 15 is 0 Å². The highest BCUT2D eigenvalue weighted by molar-refractivity contribution is 9.10. The molecule has 34 heavy (non-hydrogen) atoms. The van der Waals surface area contributed by atoms with Crippen LogP contribution < -0.4 is 9.62 Å². The molecule has 0 heterocycles. The molecule has 7 nitrogen and oxygen atoms in total. The van der Waals surface area contributed by atoms with Crippen LogP contribution in [-0.4, -0.2) is 50.0 Å². The van der Waals surface area contributed by atoms with Gasteiger partial charge >= 0.3 is 0 Å². The maximum absolute atomic E-state index is 13.5. The summed E-state index contributed by atoms with van der Waals surface area (Å²) in [5, 5.41) is 3.35. The number of aryl methyl sites for hydroxylation is 1. The SMILES string of the molecule is CC[C@@H](C)NC(=O)[C@H](C)N(Cc1ccccc1Cl)C(=O)CN(c1ccc(Br)c(C)c1)S(C)(=O)=O. The summed E-state index contributed by atoms with van der Waals surface area (Å²) >= 11 is 9.73. The van der Waals surface area contributed by atoms with E-state index in [0.29, 0.717) is 16.3 Å². The van der Waals surface area contributed by atoms with E-state index in [2.05, 4.69) is 21.2 Å². The molecule has 0 fully saturated rings. The molecule has 0 radical (unpaired) electrons. The first kappa shape index (κ1) is 28.1. The van der Waals surface area contributed by atoms with Crippen LogP contribution in [0.15, 0.2) is 46.9 Å². The maximum Gasteiger partial charge on any atom is 0.244 e. The summed E-state index contributed by atoms with van der Waals surface area (Å²) < 4.78 is 27.1. The number of amides is 2. The maximum atomic E-state index is 13.5. The van der Waals surface area contributed by atoms with E-state index < -0.39 is 28.5 Å². The lowest BCUT2D eigenvalue weighted by atomic mass is 10.1. The fourth-order valence-electron chi connectivity index (χ4n) is 3.26. The quantitative estimate of drug-likeness (QED) is 0.454. The monoisotopic (exact) mass is 571 g/mol. The molecule has 0 saturated carbocycles. The van der Waals surface area contributed by atoms with Crippen molar-refractivity contribution in [3.8, 4) is 0 Å². The zero-order valence-electron chi connectivity index (χ0n) is 20.0. The van der Waals surface area contributed by atoms with Gasteiger partial charge in [0.25, 0.3) is 0 Å². The second-order valence-electron chi connectivity index (χ2n) is 8.31. The number of nitrogens with zero attached hydrogens (tertiary/aromatic N) is 2. The molecule has 0 aliphatic heterocycles. The van der Waals surface area contributed by atoms with Crippen molar-refractivity contribution in [1.29, 1.82) is 0 Å². The topological polar surface area (TPSA) is 86.8 Å². The molecule has 10 heteroatoms. The van der Waals surface area contributed by atoms with Crippen LogP contribution in [0, 0.1) is 6.92 Å². The van der Waals surface area contributed by atoms with E-state index in [9.17, 15) is 18.0 Å². The van der Waals surface area contributed by atoms with Gasteiger partial charge in [0, 0.05) is 22.1 Å². The summed E-state index contributed by atoms with van der Waals surface area (Å²) in [4.78, 5) is 27.8. The van der Waals surface area contributed by atoms with Gasteiger partial charge in [0.2, 0.25) is 21.8 Å². The molecular formula is C24H31BrClN3O4S. The molecule has 186 valence electrons. The van der Waals surface area contributed by atoms with Crippen molar-refractivity contribution in [2.75, 3.05) is 17.1 Å². The molecule has 1 N–H and O–H groups in total. The molecule has 2 rings (SSSR count). The Kier molecular flexibility index (Phi) is 9.96. The fraction of sp³-hybridized carbons (Fsp3) is 0.417. The molecule has 0 aliphatic carbocycles. The number of nitrogens with one attached hydrogen (secondary N) is 1. The van der Waals surface area contributed by atoms with Crippen LogP contribution >= 0.6 is 27.5 Å². The van der Waals surface area contributed by atoms with Crippen LogP contribution in [0.3, 0.4) is 0 Å². The molecule has 2 amide bonds. The number of halogens is 2. The summed E-state index contributed by atoms with van der Waals surface area (Å²) in [7, 11) is -3.78. The van der Waals surface area contributed by atoms with Crippen molar-refractivity contribution >= 4 is 55.1 Å². The van der Waals surface area contributed by atoms with Crippen molar-refractivity contribution in [3.05, 3.63) is 63.1 Å². The van der Waals surface area contributed by atoms with Gasteiger partial charge in [-0.2, -0.15) is 0 Å². The Labute approximate surface area is 215 Å². The number of carbonyl (C=O) groups is 2. The smallest absolute Gasteiger partial charge is 0.244 e. The third kappa shape index (κ3) is 7.45. The number of anilines is 1. The van der Waals surface area contributed by atoms with Gasteiger partial charge in [0.1, 0.15) is 12.6 Å². The van der Waals surface area contributed by atoms with E-state index in [4.69, 9.17) is 11.6 Å². The highest BCUT2D eigenvalue weighted by Gasteiger charge is 2.30. The third-order valence-corrected chi connectivity index (χ3v) is 7.97. The van der Waals surface area contributed by atoms with Gasteiger partial charge in [-0.15, -0.1) is 0 Å². The standard InChI is InChI=1S/C24H31BrClN3O4S/c1-6-17(3)27-24(31)18(4)28(14-19-9-7-8-10-22(19)26)23(30)15-29(34(5,32)33)20-11-12-21(25)16(2)13-20/h7-13,17-18H,6,14-15H2,1-5H3,(H,27,31)/t17-,18+/m1/s1. The van der Waals surface area contributed by atoms with Crippen LogP contribution in [0.1, 0.15) is 38.3 Å². The molecule has 0 bridgehead atoms. The first-order chi connectivity index (χ1) is 15.8. The van der Waals surface area contributed by atoms with Crippen LogP contribution in [0.5, 0.6) is 0 Å². The van der Waals surface area contributed by atoms with Gasteiger partial charge in [-0.1, -0.05) is 52.7 Å². The zero-order chi connectivity index (χ0) is 25.6. The summed E-state index contributed by atoms with van der Waals surface area (Å²) in [6.45, 7) is 6.90. The van der Waals surface area contributed by atoms with Crippen molar-refractivity contribution in [1.82, 2.24) is 10.2 Å². The Morgan fingerprint density at radius 3 is 2.35 bits per heavy atom. The van der Waals surface area contributed by atoms with Crippen molar-refractivity contribution in [2.45, 2.75) is 52.7 Å². The highest BCUT2D eigenvalue weighted by atomic mass is 79.9. The average Bonchev–Trinajstić information content (AvgIpc) is 2.77. The molecule has 0 spiro atoms. The lowest BCUT2D eigenvalue weighted by Crippen LogP contribution is -2.52. The van der Waals surface area contributed by atoms with Gasteiger partial charge < -0.3 is 10.2 Å². The minimum Gasteiger partial charge on any atom is -0.352 e. The normalized spacial score (nSPS) is 13.1. The van der Waals surface area contributed by atoms with Crippen LogP contribution in [0.2, 0.25) is 5.02 Å². The largest absolute Gasteiger partial charge is 0.352 e. The minimum absolute atomic E-state index is 0.0601. The third-order valence-electron chi connectivity index (χ3n) is 5.58. The van der Waals surface area contributed by atoms with E-state index in [1.807, 2.05) is 20.8 Å². The van der Waals surface area contributed by atoms with E-state index in [0.717, 1.165) is 27.0 Å². The van der Waals surface area contributed by atoms with Crippen LogP contribution in [0.25, 0.3) is 0 Å². The summed E-state index contributed by atoms with van der Waals surface area (Å²) in [6, 6.07) is 11.2. The summed E-state index contributed by atoms with van der Waals surface area (Å²) in [6.07, 6.45) is 1.79. The molecule has 0 aliphatic rings. The second-order valence-corrected chi connectivity index (χ2v) is 11.5. The number of hydrogen-bond donors (Lipinski definition) is 1. The molecular weight excluding hydrogens is 542 g/mol. The molecule has 2 aromatic carbocycles. The summed E-state index contributed by atoms with van der Waals surface area (Å²) in [5.41, 5.74) is 1.85. The highest BCUT2D eigenvalue weighted by Crippen LogP contribution is 2.25. The Morgan fingerprint density at radius 2 is 1.79 bits per heavy atom. The Hall–Kier alpha value is -2.10. The number of sulfonamides is 1. The Balaban J connectivity index is 2.42. The van der Waals surface area contributed by atoms with Crippen molar-refractivity contribution in [2.24, 2.45) is 0 Å². The Morgan fingerprint density at radius 1 is 1.15 bits per heavy atom. The van der Waals surface area contributed by atoms with Gasteiger partial charge in [0.05, 0.1) is 11.9 Å². The Bertz CT molecular complexity index is 1140. The minimum atomic E-state index is -3.78. The lowest BCUT2D eigenvalue weighted by molar-refractivity contribution is -0.139. The first-order valence-electron chi connectivity index (χ1n) is 10.9. The van der Waals surface area contributed by atoms with E-state index in [1.165, 1.54) is 4.90 Å². The number of hydrogen-bond acceptors (Lipinski definition) is 4. The molecule has 2 atom stereocenters. The van der Waals surface area contributed by atoms with Gasteiger partial charge in [-0.05, 0) is 62.6 Å². The average molecular weight is 573 g/mol. The van der Waals surface area contributed by atoms with E-state index in [1.54, 1.807) is 49.4 Å². The molecule has 0 aromatic heterocycles. The molecule has 0 unspecified atom stereocenters. The lowest BCUT2D eigenvalue weighted by Gasteiger charge is -2.32. The van der Waals surface area contributed by atoms with Crippen LogP contribution in [0.4, 0.5) is 5.69 Å². The van der Waals surface area contributed by atoms with E-state index in [-0.39, 0.29) is 18.5 Å². The zero-order valence-corrected chi connectivity index (χ0v) is 23.2. The fourth-order valence-corrected chi connectivity index (χ4v) is 4.54. The predicted molar refractivity (Wildman–Crippen MR) is 140 cm³/mol. The van der Waals surface area contributed by atoms with Gasteiger partial charge in [0.15, 0.2) is 0 Å². The van der Waals surface area contributed by atoms with Crippen LogP contribution in [-0.2, 0) is 26.2 Å². The van der Waals surface area contributed by atoms with Crippen molar-refractivity contribution < 1.29 is 18.0 Å². The van der Waals surface area contributed by atoms with Gasteiger partial charge in [-0.3, -0.25) is 13.9 Å². The predicted octanol–water partition coefficient (Wildman–Crippen LogP) is 4.51. The summed E-state index contributed by atoms with van der Waals surface area (Å²) in [5.74, 6) is -0.835. The number of rotatable bonds is 10. The number of benzene rings is 2. The van der Waals surface area contributed by atoms with Gasteiger partial charge in [-0.25, -0.2) is 8.42 Å². The first-order valence-corrected chi connectivity index (χ1v) is 13.9. The molecule has 2 aromatic rings. The number of carbonyl (C=O) groups excluding carboxylic acids is 2. The molecule has 0 saturated heterocycles. The second kappa shape index (κ2) is 12.0. The van der Waals surface area contributed by atoms with Crippen molar-refractivity contribution in [3.63, 3.8) is 0 Å².